The largest absolute Gasteiger partial charge is 0.494 e. The first-order valence-corrected chi connectivity index (χ1v) is 7.09. The number of methoxy groups -OCH3 is 1. The van der Waals surface area contributed by atoms with Gasteiger partial charge in [0.1, 0.15) is 5.75 Å². The molecule has 6 nitrogen and oxygen atoms in total. The molecule has 1 aliphatic carbocycles. The number of nitrogens with one attached hydrogen (secondary N) is 1. The number of pyridine rings is 1. The van der Waals surface area contributed by atoms with Crippen molar-refractivity contribution in [3.05, 3.63) is 24.0 Å². The Bertz CT molecular complexity index is 524. The first-order valence-electron chi connectivity index (χ1n) is 7.09. The maximum Gasteiger partial charge on any atom is 0.305 e. The summed E-state index contributed by atoms with van der Waals surface area (Å²) in [4.78, 5) is 27.5. The first kappa shape index (κ1) is 15.3. The van der Waals surface area contributed by atoms with Gasteiger partial charge in [0.2, 0.25) is 0 Å². The Labute approximate surface area is 123 Å². The van der Waals surface area contributed by atoms with Crippen LogP contribution in [0.15, 0.2) is 18.5 Å². The fraction of sp³-hybridized carbons (Fsp3) is 0.533. The van der Waals surface area contributed by atoms with E-state index >= 15 is 0 Å². The van der Waals surface area contributed by atoms with Crippen LogP contribution in [0.3, 0.4) is 0 Å². The molecule has 1 aliphatic rings. The Hall–Kier alpha value is -2.11. The number of carboxylic acid groups (broad SMARTS) is 1. The van der Waals surface area contributed by atoms with E-state index in [1.165, 1.54) is 19.5 Å². The quantitative estimate of drug-likeness (QED) is 0.866. The van der Waals surface area contributed by atoms with E-state index < -0.39 is 11.5 Å². The molecule has 0 aromatic carbocycles. The van der Waals surface area contributed by atoms with Crippen LogP contribution in [0.5, 0.6) is 5.75 Å². The molecule has 0 saturated heterocycles. The number of aliphatic carboxylic acids is 1. The lowest BCUT2D eigenvalue weighted by Gasteiger charge is -2.37. The van der Waals surface area contributed by atoms with E-state index in [1.807, 2.05) is 0 Å². The van der Waals surface area contributed by atoms with Crippen molar-refractivity contribution in [3.63, 3.8) is 0 Å². The van der Waals surface area contributed by atoms with E-state index in [9.17, 15) is 9.59 Å². The van der Waals surface area contributed by atoms with Gasteiger partial charge in [0.05, 0.1) is 30.8 Å². The zero-order valence-corrected chi connectivity index (χ0v) is 12.1. The lowest BCUT2D eigenvalue weighted by molar-refractivity contribution is -0.139. The Morgan fingerprint density at radius 3 is 2.71 bits per heavy atom. The number of carbonyl (C=O) groups is 2. The SMILES string of the molecule is COc1cnccc1C(=O)NC1(CC(=O)O)CCCCC1. The molecule has 0 bridgehead atoms. The van der Waals surface area contributed by atoms with Gasteiger partial charge in [0.25, 0.3) is 5.91 Å². The summed E-state index contributed by atoms with van der Waals surface area (Å²) in [6, 6.07) is 1.57. The van der Waals surface area contributed by atoms with Crippen LogP contribution < -0.4 is 10.1 Å². The summed E-state index contributed by atoms with van der Waals surface area (Å²) in [5, 5.41) is 12.1. The molecule has 2 rings (SSSR count). The van der Waals surface area contributed by atoms with E-state index in [4.69, 9.17) is 9.84 Å². The minimum Gasteiger partial charge on any atom is -0.494 e. The van der Waals surface area contributed by atoms with Gasteiger partial charge in [-0.1, -0.05) is 19.3 Å². The van der Waals surface area contributed by atoms with Crippen LogP contribution in [0.4, 0.5) is 0 Å². The van der Waals surface area contributed by atoms with E-state index in [1.54, 1.807) is 6.07 Å². The highest BCUT2D eigenvalue weighted by molar-refractivity contribution is 5.97. The predicted molar refractivity (Wildman–Crippen MR) is 76.3 cm³/mol. The van der Waals surface area contributed by atoms with Crippen LogP contribution in [0.1, 0.15) is 48.9 Å². The van der Waals surface area contributed by atoms with Gasteiger partial charge in [-0.05, 0) is 18.9 Å². The van der Waals surface area contributed by atoms with Crippen LogP contribution in [0, 0.1) is 0 Å². The van der Waals surface area contributed by atoms with Gasteiger partial charge in [-0.3, -0.25) is 14.6 Å². The van der Waals surface area contributed by atoms with Crippen molar-refractivity contribution >= 4 is 11.9 Å². The second-order valence-corrected chi connectivity index (χ2v) is 5.44. The summed E-state index contributed by atoms with van der Waals surface area (Å²) in [6.07, 6.45) is 7.27. The molecule has 1 fully saturated rings. The Balaban J connectivity index is 2.19. The maximum atomic E-state index is 12.5. The molecule has 1 saturated carbocycles. The second kappa shape index (κ2) is 6.56. The lowest BCUT2D eigenvalue weighted by Crippen LogP contribution is -2.51. The van der Waals surface area contributed by atoms with E-state index in [0.29, 0.717) is 24.2 Å². The highest BCUT2D eigenvalue weighted by atomic mass is 16.5. The number of hydrogen-bond donors (Lipinski definition) is 2. The minimum absolute atomic E-state index is 0.0495. The lowest BCUT2D eigenvalue weighted by atomic mass is 9.79. The molecule has 1 aromatic heterocycles. The standard InChI is InChI=1S/C15H20N2O4/c1-21-12-10-16-8-5-11(12)14(20)17-15(9-13(18)19)6-3-2-4-7-15/h5,8,10H,2-4,6-7,9H2,1H3,(H,17,20)(H,18,19). The molecule has 0 aliphatic heterocycles. The summed E-state index contributed by atoms with van der Waals surface area (Å²) >= 11 is 0. The van der Waals surface area contributed by atoms with Gasteiger partial charge in [-0.2, -0.15) is 0 Å². The third kappa shape index (κ3) is 3.71. The predicted octanol–water partition coefficient (Wildman–Crippen LogP) is 2.00. The Kier molecular flexibility index (Phi) is 4.77. The van der Waals surface area contributed by atoms with Crippen LogP contribution >= 0.6 is 0 Å². The molecule has 0 atom stereocenters. The second-order valence-electron chi connectivity index (χ2n) is 5.44. The van der Waals surface area contributed by atoms with Gasteiger partial charge in [0.15, 0.2) is 0 Å². The van der Waals surface area contributed by atoms with Crippen LogP contribution in [-0.2, 0) is 4.79 Å². The molecular weight excluding hydrogens is 272 g/mol. The number of amides is 1. The zero-order valence-electron chi connectivity index (χ0n) is 12.1. The number of rotatable bonds is 5. The van der Waals surface area contributed by atoms with Crippen molar-refractivity contribution < 1.29 is 19.4 Å². The molecule has 114 valence electrons. The number of carboxylic acids is 1. The number of carbonyl (C=O) groups excluding carboxylic acids is 1. The maximum absolute atomic E-state index is 12.5. The summed E-state index contributed by atoms with van der Waals surface area (Å²) < 4.78 is 5.13. The highest BCUT2D eigenvalue weighted by Crippen LogP contribution is 2.32. The fourth-order valence-electron chi connectivity index (χ4n) is 2.90. The topological polar surface area (TPSA) is 88.5 Å². The van der Waals surface area contributed by atoms with Crippen LogP contribution in [0.25, 0.3) is 0 Å². The molecule has 1 heterocycles. The molecule has 0 spiro atoms. The van der Waals surface area contributed by atoms with Crippen LogP contribution in [-0.4, -0.2) is 34.6 Å². The molecule has 0 radical (unpaired) electrons. The zero-order chi connectivity index (χ0) is 15.3. The summed E-state index contributed by atoms with van der Waals surface area (Å²) in [5.41, 5.74) is -0.280. The minimum atomic E-state index is -0.890. The molecule has 6 heteroatoms. The molecular formula is C15H20N2O4. The normalized spacial score (nSPS) is 17.0. The van der Waals surface area contributed by atoms with Crippen molar-refractivity contribution in [2.24, 2.45) is 0 Å². The average molecular weight is 292 g/mol. The summed E-state index contributed by atoms with van der Waals surface area (Å²) in [6.45, 7) is 0. The molecule has 1 amide bonds. The number of hydrogen-bond acceptors (Lipinski definition) is 4. The molecule has 1 aromatic rings. The van der Waals surface area contributed by atoms with E-state index in [0.717, 1.165) is 19.3 Å². The van der Waals surface area contributed by atoms with Crippen molar-refractivity contribution in [1.82, 2.24) is 10.3 Å². The number of aromatic nitrogens is 1. The third-order valence-electron chi connectivity index (χ3n) is 3.93. The number of nitrogens with zero attached hydrogens (tertiary/aromatic N) is 1. The van der Waals surface area contributed by atoms with Gasteiger partial charge in [0, 0.05) is 6.20 Å². The highest BCUT2D eigenvalue weighted by Gasteiger charge is 2.36. The van der Waals surface area contributed by atoms with Crippen LogP contribution in [0.2, 0.25) is 0 Å². The summed E-state index contributed by atoms with van der Waals surface area (Å²) in [5.74, 6) is -0.812. The fourth-order valence-corrected chi connectivity index (χ4v) is 2.90. The van der Waals surface area contributed by atoms with Gasteiger partial charge >= 0.3 is 5.97 Å². The Morgan fingerprint density at radius 2 is 2.10 bits per heavy atom. The van der Waals surface area contributed by atoms with Gasteiger partial charge < -0.3 is 15.2 Å². The van der Waals surface area contributed by atoms with E-state index in [-0.39, 0.29) is 12.3 Å². The molecule has 0 unspecified atom stereocenters. The van der Waals surface area contributed by atoms with Crippen molar-refractivity contribution in [2.45, 2.75) is 44.1 Å². The number of ether oxygens (including phenoxy) is 1. The van der Waals surface area contributed by atoms with Gasteiger partial charge in [-0.15, -0.1) is 0 Å². The van der Waals surface area contributed by atoms with Crippen molar-refractivity contribution in [2.75, 3.05) is 7.11 Å². The van der Waals surface area contributed by atoms with Crippen molar-refractivity contribution in [3.8, 4) is 5.75 Å². The van der Waals surface area contributed by atoms with E-state index in [2.05, 4.69) is 10.3 Å². The first-order chi connectivity index (χ1) is 10.1. The summed E-state index contributed by atoms with van der Waals surface area (Å²) in [7, 11) is 1.47. The van der Waals surface area contributed by atoms with Gasteiger partial charge in [-0.25, -0.2) is 0 Å². The molecule has 21 heavy (non-hydrogen) atoms. The molecule has 2 N–H and O–H groups in total. The smallest absolute Gasteiger partial charge is 0.305 e. The van der Waals surface area contributed by atoms with Crippen molar-refractivity contribution in [1.29, 1.82) is 0 Å². The average Bonchev–Trinajstić information content (AvgIpc) is 2.47. The Morgan fingerprint density at radius 1 is 1.38 bits per heavy atom. The third-order valence-corrected chi connectivity index (χ3v) is 3.93. The monoisotopic (exact) mass is 292 g/mol.